The zero-order chi connectivity index (χ0) is 9.14. The maximum absolute atomic E-state index is 10.1. The van der Waals surface area contributed by atoms with E-state index in [1.807, 2.05) is 0 Å². The molecule has 64 valence electrons. The predicted octanol–water partition coefficient (Wildman–Crippen LogP) is -0.482. The first kappa shape index (κ1) is 8.25. The minimum Gasteiger partial charge on any atom is -0.382 e. The fourth-order valence-electron chi connectivity index (χ4n) is 0.855. The van der Waals surface area contributed by atoms with Gasteiger partial charge in [0.1, 0.15) is 5.69 Å². The third-order valence-electron chi connectivity index (χ3n) is 1.34. The number of nitrogens with two attached hydrogens (primary N) is 2. The molecule has 1 heterocycles. The largest absolute Gasteiger partial charge is 0.382 e. The zero-order valence-corrected chi connectivity index (χ0v) is 6.53. The number of nitrogens with zero attached hydrogens (tertiary/aromatic N) is 2. The lowest BCUT2D eigenvalue weighted by atomic mass is 10.3. The summed E-state index contributed by atoms with van der Waals surface area (Å²) in [5.41, 5.74) is 11.7. The normalized spacial score (nSPS) is 9.42. The summed E-state index contributed by atoms with van der Waals surface area (Å²) in [6.45, 7) is 1.68. The fraction of sp³-hybridized carbons (Fsp3) is 0.167. The third-order valence-corrected chi connectivity index (χ3v) is 1.34. The second kappa shape index (κ2) is 3.04. The quantitative estimate of drug-likeness (QED) is 0.515. The monoisotopic (exact) mass is 167 g/mol. The van der Waals surface area contributed by atoms with Crippen LogP contribution in [0.25, 0.3) is 0 Å². The molecule has 0 fully saturated rings. The molecule has 0 spiro atoms. The Morgan fingerprint density at radius 3 is 2.58 bits per heavy atom. The number of rotatable bonds is 2. The first-order valence-electron chi connectivity index (χ1n) is 3.25. The van der Waals surface area contributed by atoms with Crippen molar-refractivity contribution in [3.05, 3.63) is 5.69 Å². The van der Waals surface area contributed by atoms with Crippen molar-refractivity contribution in [2.45, 2.75) is 6.92 Å². The van der Waals surface area contributed by atoms with Crippen molar-refractivity contribution in [2.24, 2.45) is 0 Å². The minimum atomic E-state index is 0.0986. The Hall–Kier alpha value is -1.85. The molecule has 1 aromatic rings. The molecule has 0 radical (unpaired) electrons. The summed E-state index contributed by atoms with van der Waals surface area (Å²) in [5, 5.41) is 2.39. The lowest BCUT2D eigenvalue weighted by Crippen LogP contribution is -2.07. The SMILES string of the molecule is Cc1nc(N)nc(N)c1NC=O. The molecule has 12 heavy (non-hydrogen) atoms. The molecule has 0 saturated carbocycles. The molecule has 6 nitrogen and oxygen atoms in total. The van der Waals surface area contributed by atoms with Crippen molar-refractivity contribution in [2.75, 3.05) is 16.8 Å². The van der Waals surface area contributed by atoms with Gasteiger partial charge >= 0.3 is 0 Å². The third kappa shape index (κ3) is 1.42. The van der Waals surface area contributed by atoms with Crippen LogP contribution in [0.4, 0.5) is 17.5 Å². The molecule has 0 atom stereocenters. The topological polar surface area (TPSA) is 107 Å². The van der Waals surface area contributed by atoms with E-state index in [1.54, 1.807) is 6.92 Å². The summed E-state index contributed by atoms with van der Waals surface area (Å²) in [5.74, 6) is 0.272. The highest BCUT2D eigenvalue weighted by molar-refractivity contribution is 5.79. The summed E-state index contributed by atoms with van der Waals surface area (Å²) >= 11 is 0. The standard InChI is InChI=1S/C6H9N5O/c1-3-4(9-2-12)5(7)11-6(8)10-3/h2H,1H3,(H,9,12)(H4,7,8,10,11). The first-order chi connectivity index (χ1) is 5.65. The molecule has 5 N–H and O–H groups in total. The number of hydrogen-bond acceptors (Lipinski definition) is 5. The number of anilines is 3. The number of hydrogen-bond donors (Lipinski definition) is 3. The summed E-state index contributed by atoms with van der Waals surface area (Å²) in [6, 6.07) is 0. The van der Waals surface area contributed by atoms with E-state index in [0.29, 0.717) is 17.8 Å². The molecule has 0 aliphatic heterocycles. The second-order valence-electron chi connectivity index (χ2n) is 2.19. The van der Waals surface area contributed by atoms with Crippen LogP contribution in [0.15, 0.2) is 0 Å². The van der Waals surface area contributed by atoms with Crippen LogP contribution in [0.3, 0.4) is 0 Å². The second-order valence-corrected chi connectivity index (χ2v) is 2.19. The van der Waals surface area contributed by atoms with Crippen molar-refractivity contribution in [3.63, 3.8) is 0 Å². The molecule has 1 amide bonds. The van der Waals surface area contributed by atoms with E-state index >= 15 is 0 Å². The van der Waals surface area contributed by atoms with Crippen LogP contribution in [0.5, 0.6) is 0 Å². The lowest BCUT2D eigenvalue weighted by molar-refractivity contribution is -0.105. The van der Waals surface area contributed by atoms with Crippen LogP contribution in [0.2, 0.25) is 0 Å². The van der Waals surface area contributed by atoms with Gasteiger partial charge in [-0.2, -0.15) is 4.98 Å². The molecular formula is C6H9N5O. The average Bonchev–Trinajstić information content (AvgIpc) is 1.96. The number of nitrogen functional groups attached to an aromatic ring is 2. The van der Waals surface area contributed by atoms with Crippen LogP contribution < -0.4 is 16.8 Å². The molecule has 0 bridgehead atoms. The van der Waals surface area contributed by atoms with Crippen molar-refractivity contribution >= 4 is 23.9 Å². The maximum atomic E-state index is 10.1. The van der Waals surface area contributed by atoms with Crippen LogP contribution in [-0.2, 0) is 4.79 Å². The average molecular weight is 167 g/mol. The van der Waals surface area contributed by atoms with E-state index in [4.69, 9.17) is 11.5 Å². The Kier molecular flexibility index (Phi) is 2.09. The molecule has 6 heteroatoms. The van der Waals surface area contributed by atoms with Gasteiger partial charge in [-0.3, -0.25) is 4.79 Å². The van der Waals surface area contributed by atoms with Crippen molar-refractivity contribution in [3.8, 4) is 0 Å². The van der Waals surface area contributed by atoms with Crippen molar-refractivity contribution in [1.29, 1.82) is 0 Å². The van der Waals surface area contributed by atoms with Gasteiger partial charge in [0.2, 0.25) is 12.4 Å². The van der Waals surface area contributed by atoms with E-state index in [9.17, 15) is 4.79 Å². The Morgan fingerprint density at radius 1 is 1.42 bits per heavy atom. The van der Waals surface area contributed by atoms with E-state index in [1.165, 1.54) is 0 Å². The van der Waals surface area contributed by atoms with Crippen LogP contribution in [0, 0.1) is 6.92 Å². The smallest absolute Gasteiger partial charge is 0.222 e. The van der Waals surface area contributed by atoms with E-state index < -0.39 is 0 Å². The lowest BCUT2D eigenvalue weighted by Gasteiger charge is -2.05. The van der Waals surface area contributed by atoms with Crippen LogP contribution in [0.1, 0.15) is 5.69 Å². The number of amides is 1. The fourth-order valence-corrected chi connectivity index (χ4v) is 0.855. The summed E-state index contributed by atoms with van der Waals surface area (Å²) in [7, 11) is 0. The Balaban J connectivity index is 3.18. The van der Waals surface area contributed by atoms with Gasteiger partial charge in [0.05, 0.1) is 5.69 Å². The Bertz CT molecular complexity index is 288. The number of aryl methyl sites for hydroxylation is 1. The number of carbonyl (C=O) groups excluding carboxylic acids is 1. The first-order valence-corrected chi connectivity index (χ1v) is 3.25. The van der Waals surface area contributed by atoms with Gasteiger partial charge in [0, 0.05) is 0 Å². The molecular weight excluding hydrogens is 158 g/mol. The summed E-state index contributed by atoms with van der Waals surface area (Å²) in [4.78, 5) is 17.6. The highest BCUT2D eigenvalue weighted by Crippen LogP contribution is 2.18. The number of carbonyl (C=O) groups is 1. The van der Waals surface area contributed by atoms with Gasteiger partial charge in [0.15, 0.2) is 5.82 Å². The molecule has 0 saturated heterocycles. The van der Waals surface area contributed by atoms with E-state index in [0.717, 1.165) is 0 Å². The van der Waals surface area contributed by atoms with Gasteiger partial charge < -0.3 is 16.8 Å². The van der Waals surface area contributed by atoms with Gasteiger partial charge in [-0.1, -0.05) is 0 Å². The molecule has 0 unspecified atom stereocenters. The Labute approximate surface area is 69.0 Å². The van der Waals surface area contributed by atoms with Crippen LogP contribution in [-0.4, -0.2) is 16.4 Å². The molecule has 0 aliphatic rings. The minimum absolute atomic E-state index is 0.0986. The zero-order valence-electron chi connectivity index (χ0n) is 6.53. The molecule has 1 aromatic heterocycles. The highest BCUT2D eigenvalue weighted by atomic mass is 16.1. The molecule has 0 aromatic carbocycles. The van der Waals surface area contributed by atoms with Gasteiger partial charge in [-0.15, -0.1) is 0 Å². The van der Waals surface area contributed by atoms with Crippen molar-refractivity contribution < 1.29 is 4.79 Å². The molecule has 0 aliphatic carbocycles. The highest BCUT2D eigenvalue weighted by Gasteiger charge is 2.05. The number of aromatic nitrogens is 2. The maximum Gasteiger partial charge on any atom is 0.222 e. The van der Waals surface area contributed by atoms with Gasteiger partial charge in [-0.05, 0) is 6.92 Å². The van der Waals surface area contributed by atoms with E-state index in [-0.39, 0.29) is 11.8 Å². The van der Waals surface area contributed by atoms with Gasteiger partial charge in [0.25, 0.3) is 0 Å². The molecule has 1 rings (SSSR count). The van der Waals surface area contributed by atoms with Crippen molar-refractivity contribution in [1.82, 2.24) is 9.97 Å². The number of nitrogens with one attached hydrogen (secondary N) is 1. The van der Waals surface area contributed by atoms with Crippen LogP contribution >= 0.6 is 0 Å². The van der Waals surface area contributed by atoms with E-state index in [2.05, 4.69) is 15.3 Å². The summed E-state index contributed by atoms with van der Waals surface area (Å²) < 4.78 is 0. The Morgan fingerprint density at radius 2 is 2.08 bits per heavy atom. The predicted molar refractivity (Wildman–Crippen MR) is 45.3 cm³/mol. The summed E-state index contributed by atoms with van der Waals surface area (Å²) in [6.07, 6.45) is 0.512. The van der Waals surface area contributed by atoms with Gasteiger partial charge in [-0.25, -0.2) is 4.98 Å².